The predicted octanol–water partition coefficient (Wildman–Crippen LogP) is 3.71. The summed E-state index contributed by atoms with van der Waals surface area (Å²) in [5, 5.41) is 2.87. The number of halogens is 1. The minimum absolute atomic E-state index is 0.215. The number of hydrogen-bond acceptors (Lipinski definition) is 3. The highest BCUT2D eigenvalue weighted by Gasteiger charge is 2.22. The van der Waals surface area contributed by atoms with Crippen LogP contribution in [-0.4, -0.2) is 27.1 Å². The van der Waals surface area contributed by atoms with E-state index in [1.54, 1.807) is 24.3 Å². The van der Waals surface area contributed by atoms with Crippen molar-refractivity contribution in [2.75, 3.05) is 17.1 Å². The normalized spacial score (nSPS) is 12.5. The largest absolute Gasteiger partial charge is 0.348 e. The summed E-state index contributed by atoms with van der Waals surface area (Å²) < 4.78 is 26.2. The fourth-order valence-electron chi connectivity index (χ4n) is 2.54. The molecule has 2 aromatic rings. The fraction of sp³-hybridized carbons (Fsp3) is 0.316. The van der Waals surface area contributed by atoms with E-state index >= 15 is 0 Å². The average molecular weight is 439 g/mol. The van der Waals surface area contributed by atoms with Crippen molar-refractivity contribution in [3.8, 4) is 0 Å². The molecule has 0 spiro atoms. The first-order chi connectivity index (χ1) is 12.1. The van der Waals surface area contributed by atoms with Crippen LogP contribution in [0.25, 0.3) is 0 Å². The molecule has 26 heavy (non-hydrogen) atoms. The van der Waals surface area contributed by atoms with Crippen molar-refractivity contribution in [1.82, 2.24) is 5.32 Å². The molecule has 2 rings (SSSR count). The number of hydrogen-bond donors (Lipinski definition) is 1. The van der Waals surface area contributed by atoms with Crippen LogP contribution in [0.15, 0.2) is 46.9 Å². The lowest BCUT2D eigenvalue weighted by atomic mass is 10.0. The molecule has 7 heteroatoms. The Kier molecular flexibility index (Phi) is 6.47. The van der Waals surface area contributed by atoms with E-state index in [0.717, 1.165) is 26.2 Å². The van der Waals surface area contributed by atoms with Crippen molar-refractivity contribution in [3.63, 3.8) is 0 Å². The van der Waals surface area contributed by atoms with Crippen molar-refractivity contribution in [1.29, 1.82) is 0 Å². The standard InChI is InChI=1S/C19H23BrN2O3S/c1-13-5-6-16(11-14(13)2)15(3)21-19(23)12-22(26(4,24)25)18-9-7-17(20)8-10-18/h5-11,15H,12H2,1-4H3,(H,21,23)/t15-/m0/s1. The molecule has 1 atom stereocenters. The molecule has 5 nitrogen and oxygen atoms in total. The van der Waals surface area contributed by atoms with E-state index in [1.165, 1.54) is 5.56 Å². The van der Waals surface area contributed by atoms with Crippen molar-refractivity contribution in [2.45, 2.75) is 26.8 Å². The first-order valence-corrected chi connectivity index (χ1v) is 10.8. The maximum Gasteiger partial charge on any atom is 0.241 e. The lowest BCUT2D eigenvalue weighted by Crippen LogP contribution is -2.41. The SMILES string of the molecule is Cc1ccc([C@H](C)NC(=O)CN(c2ccc(Br)cc2)S(C)(=O)=O)cc1C. The Morgan fingerprint density at radius 1 is 1.12 bits per heavy atom. The summed E-state index contributed by atoms with van der Waals surface area (Å²) in [6, 6.07) is 12.6. The van der Waals surface area contributed by atoms with E-state index in [9.17, 15) is 13.2 Å². The summed E-state index contributed by atoms with van der Waals surface area (Å²) in [5.41, 5.74) is 3.77. The van der Waals surface area contributed by atoms with Gasteiger partial charge in [0.2, 0.25) is 15.9 Å². The van der Waals surface area contributed by atoms with Crippen molar-refractivity contribution < 1.29 is 13.2 Å². The van der Waals surface area contributed by atoms with Gasteiger partial charge < -0.3 is 5.32 Å². The van der Waals surface area contributed by atoms with Crippen LogP contribution in [0.5, 0.6) is 0 Å². The highest BCUT2D eigenvalue weighted by molar-refractivity contribution is 9.10. The molecule has 0 saturated heterocycles. The molecule has 0 bridgehead atoms. The Morgan fingerprint density at radius 2 is 1.73 bits per heavy atom. The average Bonchev–Trinajstić information content (AvgIpc) is 2.55. The third-order valence-electron chi connectivity index (χ3n) is 4.21. The van der Waals surface area contributed by atoms with Gasteiger partial charge in [0.1, 0.15) is 6.54 Å². The van der Waals surface area contributed by atoms with Crippen LogP contribution in [0, 0.1) is 13.8 Å². The van der Waals surface area contributed by atoms with Crippen LogP contribution in [0.2, 0.25) is 0 Å². The molecule has 0 fully saturated rings. The number of carbonyl (C=O) groups excluding carboxylic acids is 1. The van der Waals surface area contributed by atoms with Crippen LogP contribution in [0.1, 0.15) is 29.7 Å². The molecule has 0 saturated carbocycles. The summed E-state index contributed by atoms with van der Waals surface area (Å²) in [5.74, 6) is -0.357. The molecule has 2 aromatic carbocycles. The summed E-state index contributed by atoms with van der Waals surface area (Å²) in [6.45, 7) is 5.67. The molecule has 0 aromatic heterocycles. The third-order valence-corrected chi connectivity index (χ3v) is 5.88. The Morgan fingerprint density at radius 3 is 2.27 bits per heavy atom. The smallest absolute Gasteiger partial charge is 0.241 e. The number of anilines is 1. The van der Waals surface area contributed by atoms with Gasteiger partial charge >= 0.3 is 0 Å². The number of nitrogens with zero attached hydrogens (tertiary/aromatic N) is 1. The highest BCUT2D eigenvalue weighted by atomic mass is 79.9. The van der Waals surface area contributed by atoms with Crippen LogP contribution >= 0.6 is 15.9 Å². The van der Waals surface area contributed by atoms with E-state index in [1.807, 2.05) is 39.0 Å². The van der Waals surface area contributed by atoms with Gasteiger partial charge in [0.15, 0.2) is 0 Å². The monoisotopic (exact) mass is 438 g/mol. The van der Waals surface area contributed by atoms with Crippen molar-refractivity contribution >= 4 is 37.5 Å². The second kappa shape index (κ2) is 8.22. The third kappa shape index (κ3) is 5.32. The lowest BCUT2D eigenvalue weighted by Gasteiger charge is -2.23. The van der Waals surface area contributed by atoms with Crippen molar-refractivity contribution in [2.24, 2.45) is 0 Å². The number of nitrogens with one attached hydrogen (secondary N) is 1. The number of benzene rings is 2. The molecule has 0 aliphatic rings. The van der Waals surface area contributed by atoms with E-state index in [0.29, 0.717) is 5.69 Å². The van der Waals surface area contributed by atoms with Gasteiger partial charge in [-0.25, -0.2) is 8.42 Å². The van der Waals surface area contributed by atoms with Crippen molar-refractivity contribution in [3.05, 3.63) is 63.6 Å². The second-order valence-electron chi connectivity index (χ2n) is 6.38. The predicted molar refractivity (Wildman–Crippen MR) is 109 cm³/mol. The van der Waals surface area contributed by atoms with Gasteiger partial charge in [0, 0.05) is 4.47 Å². The number of sulfonamides is 1. The van der Waals surface area contributed by atoms with Gasteiger partial charge in [-0.05, 0) is 61.7 Å². The quantitative estimate of drug-likeness (QED) is 0.747. The van der Waals surface area contributed by atoms with Gasteiger partial charge in [0.05, 0.1) is 18.0 Å². The second-order valence-corrected chi connectivity index (χ2v) is 9.20. The highest BCUT2D eigenvalue weighted by Crippen LogP contribution is 2.21. The van der Waals surface area contributed by atoms with Gasteiger partial charge in [-0.3, -0.25) is 9.10 Å². The first-order valence-electron chi connectivity index (χ1n) is 8.17. The molecule has 0 aliphatic heterocycles. The van der Waals surface area contributed by atoms with E-state index in [2.05, 4.69) is 21.2 Å². The summed E-state index contributed by atoms with van der Waals surface area (Å²) in [6.07, 6.45) is 1.09. The Labute approximate surface area is 163 Å². The fourth-order valence-corrected chi connectivity index (χ4v) is 3.66. The molecule has 0 radical (unpaired) electrons. The van der Waals surface area contributed by atoms with Crippen LogP contribution in [-0.2, 0) is 14.8 Å². The number of rotatable bonds is 6. The topological polar surface area (TPSA) is 66.5 Å². The number of aryl methyl sites for hydroxylation is 2. The molecule has 1 N–H and O–H groups in total. The van der Waals surface area contributed by atoms with Gasteiger partial charge in [-0.2, -0.15) is 0 Å². The maximum atomic E-state index is 12.4. The molecular formula is C19H23BrN2O3S. The number of amides is 1. The van der Waals surface area contributed by atoms with E-state index < -0.39 is 10.0 Å². The molecule has 0 unspecified atom stereocenters. The molecular weight excluding hydrogens is 416 g/mol. The Hall–Kier alpha value is -1.86. The minimum atomic E-state index is -3.58. The zero-order chi connectivity index (χ0) is 19.5. The molecule has 140 valence electrons. The van der Waals surface area contributed by atoms with Crippen LogP contribution in [0.4, 0.5) is 5.69 Å². The molecule has 0 aliphatic carbocycles. The maximum absolute atomic E-state index is 12.4. The zero-order valence-corrected chi connectivity index (χ0v) is 17.7. The van der Waals surface area contributed by atoms with Crippen LogP contribution < -0.4 is 9.62 Å². The molecule has 0 heterocycles. The van der Waals surface area contributed by atoms with Crippen LogP contribution in [0.3, 0.4) is 0 Å². The van der Waals surface area contributed by atoms with Gasteiger partial charge in [-0.15, -0.1) is 0 Å². The van der Waals surface area contributed by atoms with E-state index in [4.69, 9.17) is 0 Å². The number of carbonyl (C=O) groups is 1. The summed E-state index contributed by atoms with van der Waals surface area (Å²) in [4.78, 5) is 12.4. The Balaban J connectivity index is 2.14. The first kappa shape index (κ1) is 20.5. The summed E-state index contributed by atoms with van der Waals surface area (Å²) >= 11 is 3.32. The minimum Gasteiger partial charge on any atom is -0.348 e. The summed E-state index contributed by atoms with van der Waals surface area (Å²) in [7, 11) is -3.58. The van der Waals surface area contributed by atoms with E-state index in [-0.39, 0.29) is 18.5 Å². The zero-order valence-electron chi connectivity index (χ0n) is 15.3. The van der Waals surface area contributed by atoms with Gasteiger partial charge in [-0.1, -0.05) is 34.1 Å². The molecule has 1 amide bonds. The van der Waals surface area contributed by atoms with Gasteiger partial charge in [0.25, 0.3) is 0 Å². The Bertz CT molecular complexity index is 896. The lowest BCUT2D eigenvalue weighted by molar-refractivity contribution is -0.120.